The topological polar surface area (TPSA) is 38.9 Å². The van der Waals surface area contributed by atoms with E-state index in [0.29, 0.717) is 10.8 Å². The van der Waals surface area contributed by atoms with Gasteiger partial charge in [0.05, 0.1) is 0 Å². The number of pyridine rings is 1. The second-order valence-electron chi connectivity index (χ2n) is 4.17. The second-order valence-corrected chi connectivity index (χ2v) is 5.65. The Morgan fingerprint density at radius 3 is 2.53 bits per heavy atom. The number of hydrogen-bond acceptors (Lipinski definition) is 3. The Bertz CT molecular complexity index is 723. The van der Waals surface area contributed by atoms with Crippen LogP contribution in [0.3, 0.4) is 0 Å². The van der Waals surface area contributed by atoms with Gasteiger partial charge in [-0.3, -0.25) is 0 Å². The van der Waals surface area contributed by atoms with Gasteiger partial charge in [0, 0.05) is 10.6 Å². The second kappa shape index (κ2) is 5.11. The molecule has 0 aliphatic rings. The van der Waals surface area contributed by atoms with Crippen molar-refractivity contribution in [2.24, 2.45) is 0 Å². The SMILES string of the molecule is Nc1cc(Cl)nc(Sc2ccc3ccccc3c2)c1. The molecule has 0 saturated carbocycles. The molecule has 0 bridgehead atoms. The molecule has 3 rings (SSSR count). The molecular formula is C15H11ClN2S. The highest BCUT2D eigenvalue weighted by atomic mass is 35.5. The minimum atomic E-state index is 0.420. The molecule has 2 N–H and O–H groups in total. The van der Waals surface area contributed by atoms with Crippen molar-refractivity contribution in [3.05, 3.63) is 59.8 Å². The highest BCUT2D eigenvalue weighted by molar-refractivity contribution is 7.99. The summed E-state index contributed by atoms with van der Waals surface area (Å²) < 4.78 is 0. The van der Waals surface area contributed by atoms with Crippen LogP contribution in [-0.2, 0) is 0 Å². The normalized spacial score (nSPS) is 10.8. The minimum Gasteiger partial charge on any atom is -0.399 e. The summed E-state index contributed by atoms with van der Waals surface area (Å²) in [4.78, 5) is 5.38. The Morgan fingerprint density at radius 1 is 0.947 bits per heavy atom. The molecule has 0 fully saturated rings. The molecule has 3 aromatic rings. The summed E-state index contributed by atoms with van der Waals surface area (Å²) in [7, 11) is 0. The Morgan fingerprint density at radius 2 is 1.74 bits per heavy atom. The molecule has 0 amide bonds. The lowest BCUT2D eigenvalue weighted by atomic mass is 10.1. The fraction of sp³-hybridized carbons (Fsp3) is 0. The van der Waals surface area contributed by atoms with E-state index in [1.54, 1.807) is 17.8 Å². The first-order valence-corrected chi connectivity index (χ1v) is 7.00. The van der Waals surface area contributed by atoms with E-state index in [0.717, 1.165) is 9.92 Å². The molecule has 1 heterocycles. The predicted molar refractivity (Wildman–Crippen MR) is 81.7 cm³/mol. The van der Waals surface area contributed by atoms with E-state index in [-0.39, 0.29) is 0 Å². The quantitative estimate of drug-likeness (QED) is 0.699. The van der Waals surface area contributed by atoms with Gasteiger partial charge in [0.1, 0.15) is 10.2 Å². The van der Waals surface area contributed by atoms with Crippen LogP contribution in [0.2, 0.25) is 5.15 Å². The zero-order valence-electron chi connectivity index (χ0n) is 10.0. The molecule has 0 unspecified atom stereocenters. The zero-order chi connectivity index (χ0) is 13.2. The van der Waals surface area contributed by atoms with Crippen molar-refractivity contribution in [3.8, 4) is 0 Å². The Kier molecular flexibility index (Phi) is 3.32. The standard InChI is InChI=1S/C15H11ClN2S/c16-14-8-12(17)9-15(18-14)19-13-6-5-10-3-1-2-4-11(10)7-13/h1-9H,(H2,17,18). The molecule has 0 aliphatic carbocycles. The van der Waals surface area contributed by atoms with Crippen LogP contribution in [0.1, 0.15) is 0 Å². The maximum Gasteiger partial charge on any atom is 0.132 e. The Labute approximate surface area is 120 Å². The lowest BCUT2D eigenvalue weighted by Crippen LogP contribution is -1.88. The van der Waals surface area contributed by atoms with Crippen molar-refractivity contribution in [1.82, 2.24) is 4.98 Å². The summed E-state index contributed by atoms with van der Waals surface area (Å²) in [5.74, 6) is 0. The lowest BCUT2D eigenvalue weighted by molar-refractivity contribution is 1.14. The number of halogens is 1. The predicted octanol–water partition coefficient (Wildman–Crippen LogP) is 4.62. The molecule has 2 aromatic carbocycles. The van der Waals surface area contributed by atoms with Gasteiger partial charge in [0.25, 0.3) is 0 Å². The van der Waals surface area contributed by atoms with Crippen molar-refractivity contribution in [2.45, 2.75) is 9.92 Å². The number of fused-ring (bicyclic) bond motifs is 1. The number of rotatable bonds is 2. The summed E-state index contributed by atoms with van der Waals surface area (Å²) in [6.07, 6.45) is 0. The first-order chi connectivity index (χ1) is 9.20. The number of hydrogen-bond donors (Lipinski definition) is 1. The zero-order valence-corrected chi connectivity index (χ0v) is 11.6. The lowest BCUT2D eigenvalue weighted by Gasteiger charge is -2.04. The van der Waals surface area contributed by atoms with E-state index >= 15 is 0 Å². The van der Waals surface area contributed by atoms with Crippen LogP contribution in [0.15, 0.2) is 64.5 Å². The van der Waals surface area contributed by atoms with E-state index in [4.69, 9.17) is 17.3 Å². The van der Waals surface area contributed by atoms with E-state index < -0.39 is 0 Å². The molecule has 19 heavy (non-hydrogen) atoms. The van der Waals surface area contributed by atoms with Crippen LogP contribution in [0.5, 0.6) is 0 Å². The maximum absolute atomic E-state index is 5.91. The summed E-state index contributed by atoms with van der Waals surface area (Å²) in [6.45, 7) is 0. The molecule has 0 radical (unpaired) electrons. The molecule has 1 aromatic heterocycles. The Balaban J connectivity index is 1.96. The van der Waals surface area contributed by atoms with Crippen molar-refractivity contribution in [3.63, 3.8) is 0 Å². The van der Waals surface area contributed by atoms with Crippen molar-refractivity contribution in [1.29, 1.82) is 0 Å². The average Bonchev–Trinajstić information content (AvgIpc) is 2.37. The fourth-order valence-electron chi connectivity index (χ4n) is 1.90. The summed E-state index contributed by atoms with van der Waals surface area (Å²) in [5, 5.41) is 3.66. The molecule has 94 valence electrons. The van der Waals surface area contributed by atoms with Crippen LogP contribution >= 0.6 is 23.4 Å². The van der Waals surface area contributed by atoms with Crippen molar-refractivity contribution < 1.29 is 0 Å². The largest absolute Gasteiger partial charge is 0.399 e. The van der Waals surface area contributed by atoms with Gasteiger partial charge >= 0.3 is 0 Å². The summed E-state index contributed by atoms with van der Waals surface area (Å²) in [6, 6.07) is 18.0. The number of benzene rings is 2. The van der Waals surface area contributed by atoms with E-state index in [1.807, 2.05) is 18.2 Å². The van der Waals surface area contributed by atoms with Gasteiger partial charge in [0.15, 0.2) is 0 Å². The third-order valence-electron chi connectivity index (χ3n) is 2.74. The molecule has 0 atom stereocenters. The summed E-state index contributed by atoms with van der Waals surface area (Å²) in [5.41, 5.74) is 6.39. The molecule has 0 spiro atoms. The van der Waals surface area contributed by atoms with Gasteiger partial charge in [0.2, 0.25) is 0 Å². The monoisotopic (exact) mass is 286 g/mol. The smallest absolute Gasteiger partial charge is 0.132 e. The van der Waals surface area contributed by atoms with Gasteiger partial charge in [-0.05, 0) is 35.0 Å². The van der Waals surface area contributed by atoms with Crippen LogP contribution in [0, 0.1) is 0 Å². The minimum absolute atomic E-state index is 0.420. The Hall–Kier alpha value is -1.71. The van der Waals surface area contributed by atoms with Gasteiger partial charge in [-0.25, -0.2) is 4.98 Å². The van der Waals surface area contributed by atoms with Crippen molar-refractivity contribution >= 4 is 39.8 Å². The molecular weight excluding hydrogens is 276 g/mol. The average molecular weight is 287 g/mol. The van der Waals surface area contributed by atoms with Crippen LogP contribution in [-0.4, -0.2) is 4.98 Å². The third-order valence-corrected chi connectivity index (χ3v) is 3.84. The van der Waals surface area contributed by atoms with Gasteiger partial charge in [-0.2, -0.15) is 0 Å². The first kappa shape index (κ1) is 12.3. The van der Waals surface area contributed by atoms with E-state index in [2.05, 4.69) is 35.3 Å². The fourth-order valence-corrected chi connectivity index (χ4v) is 3.07. The summed E-state index contributed by atoms with van der Waals surface area (Å²) >= 11 is 7.46. The van der Waals surface area contributed by atoms with Gasteiger partial charge < -0.3 is 5.73 Å². The maximum atomic E-state index is 5.91. The molecule has 0 aliphatic heterocycles. The van der Waals surface area contributed by atoms with Crippen LogP contribution < -0.4 is 5.73 Å². The van der Waals surface area contributed by atoms with Crippen LogP contribution in [0.4, 0.5) is 5.69 Å². The van der Waals surface area contributed by atoms with Crippen LogP contribution in [0.25, 0.3) is 10.8 Å². The first-order valence-electron chi connectivity index (χ1n) is 5.80. The van der Waals surface area contributed by atoms with Crippen molar-refractivity contribution in [2.75, 3.05) is 5.73 Å². The highest BCUT2D eigenvalue weighted by Gasteiger charge is 2.03. The van der Waals surface area contributed by atoms with E-state index in [1.165, 1.54) is 10.8 Å². The third kappa shape index (κ3) is 2.83. The molecule has 2 nitrogen and oxygen atoms in total. The molecule has 0 saturated heterocycles. The molecule has 4 heteroatoms. The highest BCUT2D eigenvalue weighted by Crippen LogP contribution is 2.30. The number of nitrogens with zero attached hydrogens (tertiary/aromatic N) is 1. The number of nitrogens with two attached hydrogens (primary N) is 1. The van der Waals surface area contributed by atoms with Gasteiger partial charge in [-0.15, -0.1) is 0 Å². The number of aromatic nitrogens is 1. The number of anilines is 1. The van der Waals surface area contributed by atoms with E-state index in [9.17, 15) is 0 Å². The van der Waals surface area contributed by atoms with Gasteiger partial charge in [-0.1, -0.05) is 53.7 Å². The number of nitrogen functional groups attached to an aromatic ring is 1.